The molecule has 1 aromatic rings. The van der Waals surface area contributed by atoms with Gasteiger partial charge in [0.05, 0.1) is 17.1 Å². The second kappa shape index (κ2) is 3.37. The maximum Gasteiger partial charge on any atom is 0.0896 e. The average Bonchev–Trinajstić information content (AvgIpc) is 2.65. The summed E-state index contributed by atoms with van der Waals surface area (Å²) in [6, 6.07) is 4.10. The van der Waals surface area contributed by atoms with Crippen molar-refractivity contribution in [1.29, 1.82) is 0 Å². The van der Waals surface area contributed by atoms with Crippen molar-refractivity contribution in [2.45, 2.75) is 12.3 Å². The van der Waals surface area contributed by atoms with Gasteiger partial charge >= 0.3 is 0 Å². The van der Waals surface area contributed by atoms with Gasteiger partial charge in [-0.15, -0.1) is 0 Å². The second-order valence-corrected chi connectivity index (χ2v) is 4.50. The van der Waals surface area contributed by atoms with Crippen LogP contribution in [0.3, 0.4) is 0 Å². The SMILES string of the molecule is CN1CNC(=S)C(C)(c2ccc[nH]2)C1. The van der Waals surface area contributed by atoms with Crippen molar-refractivity contribution in [2.24, 2.45) is 0 Å². The van der Waals surface area contributed by atoms with Crippen LogP contribution in [0.5, 0.6) is 0 Å². The summed E-state index contributed by atoms with van der Waals surface area (Å²) < 4.78 is 0. The Morgan fingerprint density at radius 1 is 1.57 bits per heavy atom. The van der Waals surface area contributed by atoms with E-state index in [0.29, 0.717) is 0 Å². The first-order chi connectivity index (χ1) is 6.63. The number of hydrogen-bond donors (Lipinski definition) is 2. The van der Waals surface area contributed by atoms with Gasteiger partial charge in [0, 0.05) is 18.4 Å². The molecule has 0 saturated carbocycles. The Kier molecular flexibility index (Phi) is 2.33. The minimum absolute atomic E-state index is 0.0775. The number of aromatic nitrogens is 1. The van der Waals surface area contributed by atoms with Crippen LogP contribution in [-0.2, 0) is 5.41 Å². The van der Waals surface area contributed by atoms with Crippen LogP contribution in [0.4, 0.5) is 0 Å². The van der Waals surface area contributed by atoms with E-state index in [4.69, 9.17) is 12.2 Å². The molecule has 14 heavy (non-hydrogen) atoms. The fourth-order valence-electron chi connectivity index (χ4n) is 1.95. The minimum Gasteiger partial charge on any atom is -0.366 e. The van der Waals surface area contributed by atoms with E-state index in [1.807, 2.05) is 12.3 Å². The lowest BCUT2D eigenvalue weighted by atomic mass is 9.85. The van der Waals surface area contributed by atoms with Crippen molar-refractivity contribution in [1.82, 2.24) is 15.2 Å². The molecule has 76 valence electrons. The van der Waals surface area contributed by atoms with E-state index in [-0.39, 0.29) is 5.41 Å². The maximum atomic E-state index is 5.38. The van der Waals surface area contributed by atoms with Gasteiger partial charge in [-0.05, 0) is 26.1 Å². The molecule has 0 radical (unpaired) electrons. The number of H-pyrrole nitrogens is 1. The zero-order chi connectivity index (χ0) is 10.2. The molecule has 1 atom stereocenters. The second-order valence-electron chi connectivity index (χ2n) is 4.09. The Bertz CT molecular complexity index is 333. The van der Waals surface area contributed by atoms with Crippen LogP contribution in [0, 0.1) is 0 Å². The van der Waals surface area contributed by atoms with Gasteiger partial charge in [-0.25, -0.2) is 0 Å². The largest absolute Gasteiger partial charge is 0.366 e. The molecule has 0 bridgehead atoms. The molecule has 1 aromatic heterocycles. The number of nitrogens with one attached hydrogen (secondary N) is 2. The van der Waals surface area contributed by atoms with Gasteiger partial charge in [-0.3, -0.25) is 4.90 Å². The number of nitrogens with zero attached hydrogens (tertiary/aromatic N) is 1. The molecule has 1 aliphatic rings. The van der Waals surface area contributed by atoms with Gasteiger partial charge in [-0.1, -0.05) is 12.2 Å². The van der Waals surface area contributed by atoms with Gasteiger partial charge in [0.1, 0.15) is 0 Å². The maximum absolute atomic E-state index is 5.38. The molecular formula is C10H15N3S. The molecule has 2 heterocycles. The third-order valence-electron chi connectivity index (χ3n) is 2.79. The molecule has 2 rings (SSSR count). The number of aromatic amines is 1. The molecule has 1 fully saturated rings. The highest BCUT2D eigenvalue weighted by molar-refractivity contribution is 7.80. The van der Waals surface area contributed by atoms with Crippen LogP contribution in [0.1, 0.15) is 12.6 Å². The van der Waals surface area contributed by atoms with Crippen LogP contribution in [0.2, 0.25) is 0 Å². The smallest absolute Gasteiger partial charge is 0.0896 e. The number of thiocarbonyl (C=S) groups is 1. The highest BCUT2D eigenvalue weighted by Gasteiger charge is 2.36. The predicted octanol–water partition coefficient (Wildman–Crippen LogP) is 1.09. The van der Waals surface area contributed by atoms with E-state index < -0.39 is 0 Å². The molecule has 0 aliphatic carbocycles. The minimum atomic E-state index is -0.0775. The van der Waals surface area contributed by atoms with E-state index in [0.717, 1.165) is 18.2 Å². The molecule has 0 amide bonds. The lowest BCUT2D eigenvalue weighted by Crippen LogP contribution is -2.56. The highest BCUT2D eigenvalue weighted by atomic mass is 32.1. The molecular weight excluding hydrogens is 194 g/mol. The first-order valence-electron chi connectivity index (χ1n) is 4.73. The summed E-state index contributed by atoms with van der Waals surface area (Å²) >= 11 is 5.38. The topological polar surface area (TPSA) is 31.1 Å². The summed E-state index contributed by atoms with van der Waals surface area (Å²) in [5, 5.41) is 3.25. The first kappa shape index (κ1) is 9.68. The summed E-state index contributed by atoms with van der Waals surface area (Å²) in [5.41, 5.74) is 1.10. The predicted molar refractivity (Wildman–Crippen MR) is 61.4 cm³/mol. The molecule has 3 nitrogen and oxygen atoms in total. The van der Waals surface area contributed by atoms with Gasteiger partial charge in [0.25, 0.3) is 0 Å². The van der Waals surface area contributed by atoms with Crippen LogP contribution in [0.25, 0.3) is 0 Å². The molecule has 1 aliphatic heterocycles. The van der Waals surface area contributed by atoms with Crippen LogP contribution in [-0.4, -0.2) is 35.1 Å². The van der Waals surface area contributed by atoms with Crippen molar-refractivity contribution in [3.63, 3.8) is 0 Å². The molecule has 0 spiro atoms. The van der Waals surface area contributed by atoms with Gasteiger partial charge in [-0.2, -0.15) is 0 Å². The summed E-state index contributed by atoms with van der Waals surface area (Å²) in [7, 11) is 2.09. The molecule has 0 aromatic carbocycles. The Hall–Kier alpha value is -0.870. The lowest BCUT2D eigenvalue weighted by molar-refractivity contribution is 0.258. The summed E-state index contributed by atoms with van der Waals surface area (Å²) in [6.45, 7) is 3.97. The fourth-order valence-corrected chi connectivity index (χ4v) is 2.19. The fraction of sp³-hybridized carbons (Fsp3) is 0.500. The van der Waals surface area contributed by atoms with Crippen LogP contribution < -0.4 is 5.32 Å². The van der Waals surface area contributed by atoms with Gasteiger partial charge in [0.15, 0.2) is 0 Å². The van der Waals surface area contributed by atoms with Gasteiger partial charge in [0.2, 0.25) is 0 Å². The zero-order valence-corrected chi connectivity index (χ0v) is 9.32. The van der Waals surface area contributed by atoms with E-state index in [1.165, 1.54) is 5.69 Å². The summed E-state index contributed by atoms with van der Waals surface area (Å²) in [5.74, 6) is 0. The van der Waals surface area contributed by atoms with Crippen molar-refractivity contribution in [3.8, 4) is 0 Å². The molecule has 1 saturated heterocycles. The van der Waals surface area contributed by atoms with Crippen molar-refractivity contribution in [2.75, 3.05) is 20.3 Å². The van der Waals surface area contributed by atoms with Crippen molar-refractivity contribution < 1.29 is 0 Å². The van der Waals surface area contributed by atoms with E-state index in [1.54, 1.807) is 0 Å². The standard InChI is InChI=1S/C10H15N3S/c1-10(8-4-3-5-11-8)6-13(2)7-12-9(10)14/h3-5,11H,6-7H2,1-2H3,(H,12,14). The van der Waals surface area contributed by atoms with E-state index in [2.05, 4.69) is 35.2 Å². The molecule has 1 unspecified atom stereocenters. The molecule has 2 N–H and O–H groups in total. The Morgan fingerprint density at radius 3 is 3.00 bits per heavy atom. The quantitative estimate of drug-likeness (QED) is 0.679. The average molecular weight is 209 g/mol. The van der Waals surface area contributed by atoms with Crippen molar-refractivity contribution >= 4 is 17.2 Å². The Labute approximate surface area is 89.5 Å². The van der Waals surface area contributed by atoms with Crippen LogP contribution in [0.15, 0.2) is 18.3 Å². The number of likely N-dealkylation sites (N-methyl/N-ethyl adjacent to an activating group) is 1. The summed E-state index contributed by atoms with van der Waals surface area (Å²) in [4.78, 5) is 6.41. The van der Waals surface area contributed by atoms with Crippen molar-refractivity contribution in [3.05, 3.63) is 24.0 Å². The number of hydrogen-bond acceptors (Lipinski definition) is 2. The lowest BCUT2D eigenvalue weighted by Gasteiger charge is -2.39. The highest BCUT2D eigenvalue weighted by Crippen LogP contribution is 2.26. The normalized spacial score (nSPS) is 28.9. The molecule has 4 heteroatoms. The van der Waals surface area contributed by atoms with Gasteiger partial charge < -0.3 is 10.3 Å². The summed E-state index contributed by atoms with van der Waals surface area (Å²) in [6.07, 6.45) is 1.94. The third-order valence-corrected chi connectivity index (χ3v) is 3.38. The third kappa shape index (κ3) is 1.44. The monoisotopic (exact) mass is 209 g/mol. The first-order valence-corrected chi connectivity index (χ1v) is 5.14. The Morgan fingerprint density at radius 2 is 2.36 bits per heavy atom. The van der Waals surface area contributed by atoms with E-state index >= 15 is 0 Å². The zero-order valence-electron chi connectivity index (χ0n) is 8.50. The number of rotatable bonds is 1. The van der Waals surface area contributed by atoms with E-state index in [9.17, 15) is 0 Å². The Balaban J connectivity index is 2.33. The van der Waals surface area contributed by atoms with Crippen LogP contribution >= 0.6 is 12.2 Å².